The summed E-state index contributed by atoms with van der Waals surface area (Å²) in [7, 11) is 0. The number of H-pyrrole nitrogens is 1. The van der Waals surface area contributed by atoms with Crippen molar-refractivity contribution in [3.8, 4) is 11.4 Å². The number of hydrogen-bond acceptors (Lipinski definition) is 1. The van der Waals surface area contributed by atoms with Crippen molar-refractivity contribution in [2.45, 2.75) is 13.8 Å². The molecule has 0 aliphatic carbocycles. The highest BCUT2D eigenvalue weighted by Gasteiger charge is 2.08. The molecule has 0 fully saturated rings. The van der Waals surface area contributed by atoms with E-state index < -0.39 is 0 Å². The van der Waals surface area contributed by atoms with Crippen molar-refractivity contribution in [3.63, 3.8) is 0 Å². The van der Waals surface area contributed by atoms with Gasteiger partial charge in [-0.25, -0.2) is 4.98 Å². The smallest absolute Gasteiger partial charge is 0.138 e. The molecule has 1 N–H and O–H groups in total. The van der Waals surface area contributed by atoms with Crippen LogP contribution >= 0.6 is 11.6 Å². The first-order chi connectivity index (χ1) is 8.65. The van der Waals surface area contributed by atoms with Gasteiger partial charge in [0, 0.05) is 10.6 Å². The zero-order chi connectivity index (χ0) is 12.7. The molecule has 18 heavy (non-hydrogen) atoms. The van der Waals surface area contributed by atoms with Gasteiger partial charge in [-0.3, -0.25) is 0 Å². The minimum absolute atomic E-state index is 0.755. The molecule has 1 heterocycles. The van der Waals surface area contributed by atoms with E-state index in [1.807, 2.05) is 31.2 Å². The van der Waals surface area contributed by atoms with Crippen LogP contribution in [0.3, 0.4) is 0 Å². The molecule has 90 valence electrons. The van der Waals surface area contributed by atoms with Gasteiger partial charge in [-0.1, -0.05) is 35.9 Å². The summed E-state index contributed by atoms with van der Waals surface area (Å²) in [6.45, 7) is 4.08. The first-order valence-corrected chi connectivity index (χ1v) is 6.25. The maximum atomic E-state index is 6.12. The Kier molecular flexibility index (Phi) is 2.60. The number of rotatable bonds is 1. The standard InChI is InChI=1S/C15H13ClN2/c1-9-5-3-4-6-11(9)15-17-13-7-10(2)12(16)8-14(13)18-15/h3-8H,1-2H3,(H,17,18). The zero-order valence-corrected chi connectivity index (χ0v) is 11.0. The Morgan fingerprint density at radius 3 is 2.61 bits per heavy atom. The van der Waals surface area contributed by atoms with Crippen molar-refractivity contribution >= 4 is 22.6 Å². The maximum absolute atomic E-state index is 6.12. The monoisotopic (exact) mass is 256 g/mol. The largest absolute Gasteiger partial charge is 0.338 e. The molecule has 2 aromatic carbocycles. The summed E-state index contributed by atoms with van der Waals surface area (Å²) in [5.41, 5.74) is 5.32. The van der Waals surface area contributed by atoms with Crippen molar-refractivity contribution in [2.24, 2.45) is 0 Å². The first-order valence-electron chi connectivity index (χ1n) is 5.87. The molecule has 0 amide bonds. The van der Waals surface area contributed by atoms with Crippen LogP contribution in [0.4, 0.5) is 0 Å². The number of imidazole rings is 1. The van der Waals surface area contributed by atoms with Crippen LogP contribution in [0.5, 0.6) is 0 Å². The van der Waals surface area contributed by atoms with E-state index in [0.29, 0.717) is 0 Å². The quantitative estimate of drug-likeness (QED) is 0.682. The van der Waals surface area contributed by atoms with E-state index >= 15 is 0 Å². The van der Waals surface area contributed by atoms with E-state index in [1.165, 1.54) is 5.56 Å². The SMILES string of the molecule is Cc1cc2[nH]c(-c3ccccc3C)nc2cc1Cl. The normalized spacial score (nSPS) is 11.1. The van der Waals surface area contributed by atoms with Crippen molar-refractivity contribution < 1.29 is 0 Å². The van der Waals surface area contributed by atoms with Gasteiger partial charge in [0.25, 0.3) is 0 Å². The average molecular weight is 257 g/mol. The van der Waals surface area contributed by atoms with Gasteiger partial charge in [0.15, 0.2) is 0 Å². The van der Waals surface area contributed by atoms with Gasteiger partial charge >= 0.3 is 0 Å². The molecule has 0 unspecified atom stereocenters. The van der Waals surface area contributed by atoms with Crippen molar-refractivity contribution in [2.75, 3.05) is 0 Å². The van der Waals surface area contributed by atoms with Crippen molar-refractivity contribution in [1.29, 1.82) is 0 Å². The highest BCUT2D eigenvalue weighted by atomic mass is 35.5. The minimum Gasteiger partial charge on any atom is -0.338 e. The molecule has 3 rings (SSSR count). The topological polar surface area (TPSA) is 28.7 Å². The molecule has 0 saturated carbocycles. The molecule has 2 nitrogen and oxygen atoms in total. The Morgan fingerprint density at radius 1 is 1.06 bits per heavy atom. The van der Waals surface area contributed by atoms with Gasteiger partial charge in [-0.05, 0) is 37.1 Å². The van der Waals surface area contributed by atoms with Crippen LogP contribution in [0.2, 0.25) is 5.02 Å². The fourth-order valence-corrected chi connectivity index (χ4v) is 2.26. The number of hydrogen-bond donors (Lipinski definition) is 1. The van der Waals surface area contributed by atoms with Gasteiger partial charge in [0.2, 0.25) is 0 Å². The summed E-state index contributed by atoms with van der Waals surface area (Å²) in [5.74, 6) is 0.893. The van der Waals surface area contributed by atoms with Crippen molar-refractivity contribution in [1.82, 2.24) is 9.97 Å². The van der Waals surface area contributed by atoms with E-state index in [9.17, 15) is 0 Å². The predicted octanol–water partition coefficient (Wildman–Crippen LogP) is 4.50. The molecule has 0 spiro atoms. The molecule has 0 saturated heterocycles. The van der Waals surface area contributed by atoms with Crippen molar-refractivity contribution in [3.05, 3.63) is 52.5 Å². The molecule has 3 aromatic rings. The number of nitrogens with zero attached hydrogens (tertiary/aromatic N) is 1. The second-order valence-electron chi connectivity index (χ2n) is 4.52. The Bertz CT molecular complexity index is 689. The average Bonchev–Trinajstić information content (AvgIpc) is 2.73. The lowest BCUT2D eigenvalue weighted by molar-refractivity contribution is 1.31. The lowest BCUT2D eigenvalue weighted by atomic mass is 10.1. The molecule has 1 aromatic heterocycles. The van der Waals surface area contributed by atoms with Gasteiger partial charge in [-0.15, -0.1) is 0 Å². The second-order valence-corrected chi connectivity index (χ2v) is 4.93. The minimum atomic E-state index is 0.755. The van der Waals surface area contributed by atoms with Crippen LogP contribution < -0.4 is 0 Å². The van der Waals surface area contributed by atoms with Crippen LogP contribution in [0, 0.1) is 13.8 Å². The van der Waals surface area contributed by atoms with Crippen LogP contribution in [0.1, 0.15) is 11.1 Å². The summed E-state index contributed by atoms with van der Waals surface area (Å²) < 4.78 is 0. The van der Waals surface area contributed by atoms with E-state index in [4.69, 9.17) is 11.6 Å². The predicted molar refractivity (Wildman–Crippen MR) is 76.0 cm³/mol. The number of halogens is 1. The zero-order valence-electron chi connectivity index (χ0n) is 10.3. The number of nitrogens with one attached hydrogen (secondary N) is 1. The third-order valence-electron chi connectivity index (χ3n) is 3.16. The number of fused-ring (bicyclic) bond motifs is 1. The fraction of sp³-hybridized carbons (Fsp3) is 0.133. The summed E-state index contributed by atoms with van der Waals surface area (Å²) in [5, 5.41) is 0.755. The van der Waals surface area contributed by atoms with Crippen LogP contribution in [-0.4, -0.2) is 9.97 Å². The third-order valence-corrected chi connectivity index (χ3v) is 3.57. The first kappa shape index (κ1) is 11.3. The summed E-state index contributed by atoms with van der Waals surface area (Å²) in [6, 6.07) is 12.1. The molecule has 0 bridgehead atoms. The highest BCUT2D eigenvalue weighted by Crippen LogP contribution is 2.26. The number of benzene rings is 2. The highest BCUT2D eigenvalue weighted by molar-refractivity contribution is 6.32. The van der Waals surface area contributed by atoms with Gasteiger partial charge in [0.05, 0.1) is 11.0 Å². The summed E-state index contributed by atoms with van der Waals surface area (Å²) in [4.78, 5) is 7.96. The second kappa shape index (κ2) is 4.14. The van der Waals surface area contributed by atoms with E-state index in [0.717, 1.165) is 33.0 Å². The summed E-state index contributed by atoms with van der Waals surface area (Å²) >= 11 is 6.12. The lowest BCUT2D eigenvalue weighted by Crippen LogP contribution is -1.83. The molecular formula is C15H13ClN2. The van der Waals surface area contributed by atoms with E-state index in [-0.39, 0.29) is 0 Å². The lowest BCUT2D eigenvalue weighted by Gasteiger charge is -2.00. The van der Waals surface area contributed by atoms with E-state index in [2.05, 4.69) is 29.0 Å². The van der Waals surface area contributed by atoms with Crippen LogP contribution in [0.15, 0.2) is 36.4 Å². The Morgan fingerprint density at radius 2 is 1.83 bits per heavy atom. The Balaban J connectivity index is 2.23. The molecule has 0 atom stereocenters. The molecule has 0 aliphatic heterocycles. The van der Waals surface area contributed by atoms with Crippen LogP contribution in [0.25, 0.3) is 22.4 Å². The summed E-state index contributed by atoms with van der Waals surface area (Å²) in [6.07, 6.45) is 0. The van der Waals surface area contributed by atoms with Gasteiger partial charge in [0.1, 0.15) is 5.82 Å². The van der Waals surface area contributed by atoms with E-state index in [1.54, 1.807) is 0 Å². The Labute approximate surface area is 111 Å². The molecular weight excluding hydrogens is 244 g/mol. The number of aromatic nitrogens is 2. The molecule has 3 heteroatoms. The number of aryl methyl sites for hydroxylation is 2. The number of aromatic amines is 1. The molecule has 0 radical (unpaired) electrons. The maximum Gasteiger partial charge on any atom is 0.138 e. The van der Waals surface area contributed by atoms with Crippen LogP contribution in [-0.2, 0) is 0 Å². The fourth-order valence-electron chi connectivity index (χ4n) is 2.11. The van der Waals surface area contributed by atoms with Gasteiger partial charge in [-0.2, -0.15) is 0 Å². The van der Waals surface area contributed by atoms with Gasteiger partial charge < -0.3 is 4.98 Å². The molecule has 0 aliphatic rings. The third kappa shape index (κ3) is 1.79. The Hall–Kier alpha value is -1.80.